The molecule has 0 unspecified atom stereocenters. The highest BCUT2D eigenvalue weighted by molar-refractivity contribution is 7.99. The van der Waals surface area contributed by atoms with Crippen LogP contribution in [0.1, 0.15) is 22.5 Å². The van der Waals surface area contributed by atoms with E-state index in [1.807, 2.05) is 11.8 Å². The van der Waals surface area contributed by atoms with Crippen molar-refractivity contribution in [3.63, 3.8) is 0 Å². The Bertz CT molecular complexity index is 711. The van der Waals surface area contributed by atoms with Crippen molar-refractivity contribution >= 4 is 29.4 Å². The molecule has 0 N–H and O–H groups in total. The summed E-state index contributed by atoms with van der Waals surface area (Å²) in [6, 6.07) is 8.65. The lowest BCUT2D eigenvalue weighted by atomic mass is 10.1. The van der Waals surface area contributed by atoms with Gasteiger partial charge in [0.1, 0.15) is 0 Å². The van der Waals surface area contributed by atoms with E-state index < -0.39 is 0 Å². The second kappa shape index (κ2) is 8.78. The molecule has 1 aliphatic heterocycles. The fourth-order valence-corrected chi connectivity index (χ4v) is 4.50. The molecule has 0 aliphatic carbocycles. The van der Waals surface area contributed by atoms with Crippen LogP contribution in [0.2, 0.25) is 0 Å². The molecule has 25 heavy (non-hydrogen) atoms. The van der Waals surface area contributed by atoms with Crippen LogP contribution in [0.15, 0.2) is 24.3 Å². The van der Waals surface area contributed by atoms with Crippen LogP contribution in [0.4, 0.5) is 0 Å². The van der Waals surface area contributed by atoms with Gasteiger partial charge in [0.15, 0.2) is 0 Å². The lowest BCUT2D eigenvalue weighted by Crippen LogP contribution is -2.48. The Hall–Kier alpha value is -1.44. The van der Waals surface area contributed by atoms with Crippen LogP contribution in [0.25, 0.3) is 0 Å². The first kappa shape index (κ1) is 18.4. The van der Waals surface area contributed by atoms with Crippen molar-refractivity contribution < 1.29 is 4.79 Å². The van der Waals surface area contributed by atoms with Crippen molar-refractivity contribution in [1.82, 2.24) is 18.5 Å². The molecule has 5 nitrogen and oxygen atoms in total. The number of benzene rings is 1. The van der Waals surface area contributed by atoms with E-state index >= 15 is 0 Å². The summed E-state index contributed by atoms with van der Waals surface area (Å²) in [4.78, 5) is 16.8. The first-order valence-corrected chi connectivity index (χ1v) is 10.4. The molecule has 0 spiro atoms. The molecule has 2 aromatic rings. The smallest absolute Gasteiger partial charge is 0.232 e. The number of hydrogen-bond acceptors (Lipinski definition) is 6. The standard InChI is InChI=1S/C18H24N4OS2/c1-14-4-3-5-16(10-14)11-21-6-8-22(9-7-21)18(23)13-24-12-17-15(2)19-25-20-17/h3-5,10H,6-9,11-13H2,1-2H3. The molecule has 0 atom stereocenters. The summed E-state index contributed by atoms with van der Waals surface area (Å²) < 4.78 is 8.43. The number of thioether (sulfide) groups is 1. The zero-order chi connectivity index (χ0) is 17.6. The highest BCUT2D eigenvalue weighted by Gasteiger charge is 2.21. The summed E-state index contributed by atoms with van der Waals surface area (Å²) in [6.07, 6.45) is 0. The van der Waals surface area contributed by atoms with Crippen molar-refractivity contribution in [2.24, 2.45) is 0 Å². The number of piperazine rings is 1. The molecule has 0 saturated carbocycles. The number of rotatable bonds is 6. The first-order valence-electron chi connectivity index (χ1n) is 8.53. The van der Waals surface area contributed by atoms with E-state index in [2.05, 4.69) is 44.8 Å². The third kappa shape index (κ3) is 5.26. The van der Waals surface area contributed by atoms with Crippen molar-refractivity contribution in [2.75, 3.05) is 31.9 Å². The second-order valence-electron chi connectivity index (χ2n) is 6.44. The van der Waals surface area contributed by atoms with E-state index in [1.54, 1.807) is 11.8 Å². The molecule has 2 heterocycles. The summed E-state index contributed by atoms with van der Waals surface area (Å²) in [7, 11) is 0. The van der Waals surface area contributed by atoms with Gasteiger partial charge in [-0.05, 0) is 19.4 Å². The maximum atomic E-state index is 12.4. The van der Waals surface area contributed by atoms with E-state index in [1.165, 1.54) is 22.9 Å². The number of carbonyl (C=O) groups is 1. The third-order valence-electron chi connectivity index (χ3n) is 4.42. The lowest BCUT2D eigenvalue weighted by molar-refractivity contribution is -0.130. The third-order valence-corrected chi connectivity index (χ3v) is 6.01. The van der Waals surface area contributed by atoms with Crippen LogP contribution in [0.5, 0.6) is 0 Å². The Labute approximate surface area is 157 Å². The summed E-state index contributed by atoms with van der Waals surface area (Å²) in [5.74, 6) is 1.53. The monoisotopic (exact) mass is 376 g/mol. The van der Waals surface area contributed by atoms with Crippen LogP contribution in [-0.2, 0) is 17.1 Å². The second-order valence-corrected chi connectivity index (χ2v) is 7.95. The summed E-state index contributed by atoms with van der Waals surface area (Å²) in [5.41, 5.74) is 4.64. The Morgan fingerprint density at radius 2 is 2.00 bits per heavy atom. The SMILES string of the molecule is Cc1cccc(CN2CCN(C(=O)CSCc3nsnc3C)CC2)c1. The minimum Gasteiger partial charge on any atom is -0.339 e. The van der Waals surface area contributed by atoms with Gasteiger partial charge in [-0.3, -0.25) is 9.69 Å². The van der Waals surface area contributed by atoms with Crippen molar-refractivity contribution in [3.8, 4) is 0 Å². The van der Waals surface area contributed by atoms with E-state index in [-0.39, 0.29) is 5.91 Å². The molecule has 3 rings (SSSR count). The topological polar surface area (TPSA) is 49.3 Å². The fraction of sp³-hybridized carbons (Fsp3) is 0.500. The minimum atomic E-state index is 0.237. The average Bonchev–Trinajstić information content (AvgIpc) is 3.01. The van der Waals surface area contributed by atoms with Gasteiger partial charge >= 0.3 is 0 Å². The Balaban J connectivity index is 1.39. The number of amides is 1. The van der Waals surface area contributed by atoms with Gasteiger partial charge in [0.25, 0.3) is 0 Å². The van der Waals surface area contributed by atoms with Crippen molar-refractivity contribution in [1.29, 1.82) is 0 Å². The van der Waals surface area contributed by atoms with Crippen molar-refractivity contribution in [3.05, 3.63) is 46.8 Å². The Morgan fingerprint density at radius 1 is 1.20 bits per heavy atom. The molecular weight excluding hydrogens is 352 g/mol. The van der Waals surface area contributed by atoms with Crippen LogP contribution >= 0.6 is 23.5 Å². The number of hydrogen-bond donors (Lipinski definition) is 0. The molecule has 7 heteroatoms. The molecule has 1 amide bonds. The van der Waals surface area contributed by atoms with Gasteiger partial charge in [0, 0.05) is 38.5 Å². The van der Waals surface area contributed by atoms with Gasteiger partial charge in [-0.15, -0.1) is 11.8 Å². The van der Waals surface area contributed by atoms with Gasteiger partial charge in [-0.1, -0.05) is 29.8 Å². The predicted octanol–water partition coefficient (Wildman–Crippen LogP) is 2.73. The Kier molecular flexibility index (Phi) is 6.45. The van der Waals surface area contributed by atoms with Crippen molar-refractivity contribution in [2.45, 2.75) is 26.1 Å². The van der Waals surface area contributed by atoms with E-state index in [4.69, 9.17) is 0 Å². The predicted molar refractivity (Wildman–Crippen MR) is 104 cm³/mol. The van der Waals surface area contributed by atoms with E-state index in [9.17, 15) is 4.79 Å². The molecule has 1 aliphatic rings. The van der Waals surface area contributed by atoms with Gasteiger partial charge < -0.3 is 4.90 Å². The quantitative estimate of drug-likeness (QED) is 0.776. The van der Waals surface area contributed by atoms with Gasteiger partial charge in [-0.25, -0.2) is 0 Å². The molecule has 1 aromatic heterocycles. The molecule has 1 aromatic carbocycles. The molecule has 1 fully saturated rings. The van der Waals surface area contributed by atoms with Crippen LogP contribution in [-0.4, -0.2) is 56.4 Å². The molecular formula is C18H24N4OS2. The molecule has 1 saturated heterocycles. The summed E-state index contributed by atoms with van der Waals surface area (Å²) in [5, 5.41) is 0. The summed E-state index contributed by atoms with van der Waals surface area (Å²) >= 11 is 2.87. The van der Waals surface area contributed by atoms with E-state index in [0.717, 1.165) is 49.9 Å². The van der Waals surface area contributed by atoms with Gasteiger partial charge in [-0.2, -0.15) is 8.75 Å². The van der Waals surface area contributed by atoms with E-state index in [0.29, 0.717) is 5.75 Å². The normalized spacial score (nSPS) is 15.5. The number of aromatic nitrogens is 2. The van der Waals surface area contributed by atoms with Crippen LogP contribution in [0, 0.1) is 13.8 Å². The van der Waals surface area contributed by atoms with Gasteiger partial charge in [0.2, 0.25) is 5.91 Å². The maximum Gasteiger partial charge on any atom is 0.232 e. The molecule has 0 bridgehead atoms. The highest BCUT2D eigenvalue weighted by atomic mass is 32.2. The highest BCUT2D eigenvalue weighted by Crippen LogP contribution is 2.16. The number of nitrogens with zero attached hydrogens (tertiary/aromatic N) is 4. The summed E-state index contributed by atoms with van der Waals surface area (Å²) in [6.45, 7) is 8.59. The zero-order valence-electron chi connectivity index (χ0n) is 14.8. The van der Waals surface area contributed by atoms with Gasteiger partial charge in [0.05, 0.1) is 28.9 Å². The maximum absolute atomic E-state index is 12.4. The largest absolute Gasteiger partial charge is 0.339 e. The minimum absolute atomic E-state index is 0.237. The zero-order valence-corrected chi connectivity index (χ0v) is 16.4. The van der Waals surface area contributed by atoms with Crippen LogP contribution < -0.4 is 0 Å². The number of aryl methyl sites for hydroxylation is 2. The first-order chi connectivity index (χ1) is 12.1. The molecule has 134 valence electrons. The molecule has 0 radical (unpaired) electrons. The van der Waals surface area contributed by atoms with Crippen LogP contribution in [0.3, 0.4) is 0 Å². The lowest BCUT2D eigenvalue weighted by Gasteiger charge is -2.34. The fourth-order valence-electron chi connectivity index (χ4n) is 2.93. The Morgan fingerprint density at radius 3 is 2.68 bits per heavy atom. The number of carbonyl (C=O) groups excluding carboxylic acids is 1. The average molecular weight is 377 g/mol.